The van der Waals surface area contributed by atoms with Gasteiger partial charge in [-0.3, -0.25) is 14.9 Å². The Morgan fingerprint density at radius 3 is 2.53 bits per heavy atom. The number of nitrogens with zero attached hydrogens (tertiary/aromatic N) is 1. The van der Waals surface area contributed by atoms with Crippen LogP contribution in [0, 0.1) is 12.7 Å². The van der Waals surface area contributed by atoms with Crippen LogP contribution in [-0.4, -0.2) is 26.9 Å². The molecule has 0 bridgehead atoms. The molecular weight excluding hydrogens is 439 g/mol. The summed E-state index contributed by atoms with van der Waals surface area (Å²) in [6, 6.07) is 11.5. The first-order chi connectivity index (χ1) is 16.4. The summed E-state index contributed by atoms with van der Waals surface area (Å²) in [4.78, 5) is 46.0. The number of aryl methyl sites for hydroxylation is 1. The molecular formula is C24H19FN6O3. The second-order valence-electron chi connectivity index (χ2n) is 7.81. The summed E-state index contributed by atoms with van der Waals surface area (Å²) in [6.45, 7) is 2.14. The second kappa shape index (κ2) is 8.32. The SMILES string of the molecule is Cc1cnc(-c2ccc(-c3ccc(NC(=O)Nc4cccc(=O)[nH]4)cc3F)c3c2C(=O)NC3)[nH]1. The zero-order valence-corrected chi connectivity index (χ0v) is 18.0. The maximum Gasteiger partial charge on any atom is 0.324 e. The zero-order valence-electron chi connectivity index (χ0n) is 18.0. The van der Waals surface area contributed by atoms with E-state index < -0.39 is 11.8 Å². The molecule has 2 aromatic heterocycles. The molecule has 1 aliphatic rings. The topological polar surface area (TPSA) is 132 Å². The van der Waals surface area contributed by atoms with Crippen LogP contribution < -0.4 is 21.5 Å². The number of nitrogens with one attached hydrogen (secondary N) is 5. The minimum Gasteiger partial charge on any atom is -0.348 e. The third-order valence-electron chi connectivity index (χ3n) is 5.46. The Bertz CT molecular complexity index is 1510. The van der Waals surface area contributed by atoms with E-state index in [1.165, 1.54) is 24.3 Å². The van der Waals surface area contributed by atoms with Gasteiger partial charge in [-0.05, 0) is 48.4 Å². The molecule has 0 unspecified atom stereocenters. The molecule has 170 valence electrons. The van der Waals surface area contributed by atoms with Gasteiger partial charge in [0.25, 0.3) is 5.91 Å². The molecule has 3 heterocycles. The molecule has 0 aliphatic carbocycles. The second-order valence-corrected chi connectivity index (χ2v) is 7.81. The van der Waals surface area contributed by atoms with Crippen molar-refractivity contribution >= 4 is 23.4 Å². The van der Waals surface area contributed by atoms with Gasteiger partial charge in [0.1, 0.15) is 17.5 Å². The summed E-state index contributed by atoms with van der Waals surface area (Å²) in [6.07, 6.45) is 1.68. The number of urea groups is 1. The van der Waals surface area contributed by atoms with Gasteiger partial charge in [-0.25, -0.2) is 14.2 Å². The number of hydrogen-bond acceptors (Lipinski definition) is 4. The largest absolute Gasteiger partial charge is 0.348 e. The molecule has 0 fully saturated rings. The normalized spacial score (nSPS) is 12.2. The Labute approximate surface area is 192 Å². The number of carbonyl (C=O) groups excluding carboxylic acids is 2. The maximum atomic E-state index is 15.1. The van der Waals surface area contributed by atoms with Crippen LogP contribution in [0.25, 0.3) is 22.5 Å². The van der Waals surface area contributed by atoms with Gasteiger partial charge >= 0.3 is 6.03 Å². The van der Waals surface area contributed by atoms with Gasteiger partial charge < -0.3 is 20.6 Å². The van der Waals surface area contributed by atoms with Gasteiger partial charge in [-0.2, -0.15) is 0 Å². The number of aromatic amines is 2. The van der Waals surface area contributed by atoms with Crippen molar-refractivity contribution in [3.63, 3.8) is 0 Å². The van der Waals surface area contributed by atoms with Crippen molar-refractivity contribution in [2.75, 3.05) is 10.6 Å². The number of rotatable bonds is 4. The summed E-state index contributed by atoms with van der Waals surface area (Å²) in [7, 11) is 0. The molecule has 2 aromatic carbocycles. The van der Waals surface area contributed by atoms with Gasteiger partial charge in [-0.1, -0.05) is 12.1 Å². The third kappa shape index (κ3) is 3.92. The molecule has 1 aliphatic heterocycles. The standard InChI is InChI=1S/C24H19FN6O3/c1-12-10-26-22(28-12)16-8-7-14(17-11-27-23(33)21(16)17)15-6-5-13(9-18(15)25)29-24(34)31-19-3-2-4-20(32)30-19/h2-10H,11H2,1H3,(H,26,28)(H,27,33)(H3,29,30,31,32,34). The fourth-order valence-electron chi connectivity index (χ4n) is 3.96. The molecule has 5 N–H and O–H groups in total. The third-order valence-corrected chi connectivity index (χ3v) is 5.46. The number of aromatic nitrogens is 3. The van der Waals surface area contributed by atoms with E-state index in [9.17, 15) is 14.4 Å². The average molecular weight is 458 g/mol. The number of carbonyl (C=O) groups is 2. The number of imidazole rings is 1. The highest BCUT2D eigenvalue weighted by molar-refractivity contribution is 6.06. The Balaban J connectivity index is 1.43. The summed E-state index contributed by atoms with van der Waals surface area (Å²) >= 11 is 0. The number of hydrogen-bond donors (Lipinski definition) is 5. The predicted molar refractivity (Wildman–Crippen MR) is 125 cm³/mol. The smallest absolute Gasteiger partial charge is 0.324 e. The fraction of sp³-hybridized carbons (Fsp3) is 0.0833. The van der Waals surface area contributed by atoms with Crippen LogP contribution >= 0.6 is 0 Å². The van der Waals surface area contributed by atoms with Crippen molar-refractivity contribution in [2.24, 2.45) is 0 Å². The highest BCUT2D eigenvalue weighted by atomic mass is 19.1. The number of fused-ring (bicyclic) bond motifs is 1. The van der Waals surface area contributed by atoms with E-state index in [-0.39, 0.29) is 29.5 Å². The first kappa shape index (κ1) is 21.1. The van der Waals surface area contributed by atoms with E-state index in [0.717, 1.165) is 5.69 Å². The maximum absolute atomic E-state index is 15.1. The van der Waals surface area contributed by atoms with Crippen LogP contribution in [0.4, 0.5) is 20.7 Å². The Morgan fingerprint density at radius 1 is 1.00 bits per heavy atom. The van der Waals surface area contributed by atoms with Crippen LogP contribution in [0.3, 0.4) is 0 Å². The average Bonchev–Trinajstić information content (AvgIpc) is 3.40. The van der Waals surface area contributed by atoms with Gasteiger partial charge in [-0.15, -0.1) is 0 Å². The van der Waals surface area contributed by atoms with E-state index >= 15 is 4.39 Å². The van der Waals surface area contributed by atoms with Gasteiger partial charge in [0, 0.05) is 41.3 Å². The van der Waals surface area contributed by atoms with Crippen molar-refractivity contribution in [3.8, 4) is 22.5 Å². The molecule has 4 aromatic rings. The van der Waals surface area contributed by atoms with Crippen LogP contribution in [0.5, 0.6) is 0 Å². The predicted octanol–water partition coefficient (Wildman–Crippen LogP) is 3.77. The minimum atomic E-state index is -0.636. The van der Waals surface area contributed by atoms with Gasteiger partial charge in [0.15, 0.2) is 0 Å². The number of halogens is 1. The van der Waals surface area contributed by atoms with Crippen molar-refractivity contribution in [2.45, 2.75) is 13.5 Å². The Morgan fingerprint density at radius 2 is 1.79 bits per heavy atom. The van der Waals surface area contributed by atoms with E-state index in [2.05, 4.69) is 30.9 Å². The van der Waals surface area contributed by atoms with Crippen molar-refractivity contribution in [3.05, 3.63) is 87.7 Å². The van der Waals surface area contributed by atoms with Crippen LogP contribution in [0.2, 0.25) is 0 Å². The quantitative estimate of drug-likeness (QED) is 0.319. The zero-order chi connectivity index (χ0) is 23.8. The molecule has 9 nitrogen and oxygen atoms in total. The molecule has 10 heteroatoms. The molecule has 0 atom stereocenters. The number of benzene rings is 2. The Hall–Kier alpha value is -4.73. The lowest BCUT2D eigenvalue weighted by Gasteiger charge is -2.13. The van der Waals surface area contributed by atoms with Crippen LogP contribution in [0.1, 0.15) is 21.6 Å². The number of H-pyrrole nitrogens is 2. The number of amides is 3. The molecule has 0 spiro atoms. The van der Waals surface area contributed by atoms with E-state index in [1.807, 2.05) is 6.92 Å². The molecule has 34 heavy (non-hydrogen) atoms. The molecule has 0 saturated carbocycles. The monoisotopic (exact) mass is 458 g/mol. The molecule has 0 saturated heterocycles. The van der Waals surface area contributed by atoms with E-state index in [4.69, 9.17) is 0 Å². The first-order valence-electron chi connectivity index (χ1n) is 10.4. The fourth-order valence-corrected chi connectivity index (χ4v) is 3.96. The van der Waals surface area contributed by atoms with E-state index in [0.29, 0.717) is 33.6 Å². The van der Waals surface area contributed by atoms with Crippen molar-refractivity contribution in [1.82, 2.24) is 20.3 Å². The minimum absolute atomic E-state index is 0.210. The summed E-state index contributed by atoms with van der Waals surface area (Å²) in [5.74, 6) is -0.0194. The highest BCUT2D eigenvalue weighted by Crippen LogP contribution is 2.36. The van der Waals surface area contributed by atoms with Crippen LogP contribution in [0.15, 0.2) is 59.5 Å². The Kier molecular flexibility index (Phi) is 5.17. The van der Waals surface area contributed by atoms with Gasteiger partial charge in [0.05, 0.1) is 5.56 Å². The van der Waals surface area contributed by atoms with Crippen LogP contribution in [-0.2, 0) is 6.54 Å². The lowest BCUT2D eigenvalue weighted by atomic mass is 9.92. The van der Waals surface area contributed by atoms with Crippen molar-refractivity contribution in [1.29, 1.82) is 0 Å². The number of anilines is 2. The lowest BCUT2D eigenvalue weighted by Crippen LogP contribution is -2.21. The first-order valence-corrected chi connectivity index (χ1v) is 10.4. The summed E-state index contributed by atoms with van der Waals surface area (Å²) in [5.41, 5.74) is 3.40. The molecule has 3 amide bonds. The van der Waals surface area contributed by atoms with Gasteiger partial charge in [0.2, 0.25) is 5.56 Å². The highest BCUT2D eigenvalue weighted by Gasteiger charge is 2.28. The van der Waals surface area contributed by atoms with Crippen molar-refractivity contribution < 1.29 is 14.0 Å². The number of pyridine rings is 1. The molecule has 0 radical (unpaired) electrons. The summed E-state index contributed by atoms with van der Waals surface area (Å²) < 4.78 is 15.1. The molecule has 5 rings (SSSR count). The van der Waals surface area contributed by atoms with E-state index in [1.54, 1.807) is 30.5 Å². The summed E-state index contributed by atoms with van der Waals surface area (Å²) in [5, 5.41) is 7.81. The lowest BCUT2D eigenvalue weighted by molar-refractivity contribution is 0.0966.